The Morgan fingerprint density at radius 3 is 2.44 bits per heavy atom. The monoisotopic (exact) mass is 343 g/mol. The first-order valence-electron chi connectivity index (χ1n) is 7.51. The lowest BCUT2D eigenvalue weighted by atomic mass is 10.1. The standard InChI is InChI=1S/C19H15F2NO3/c1-19(20,21)25-17-4-2-3-16(11-17)22-10-9-15(12-22)13-5-7-14(8-6-13)18(23)24/h2-12H,1H3,(H,23,24). The molecule has 0 spiro atoms. The first kappa shape index (κ1) is 16.7. The van der Waals surface area contributed by atoms with E-state index in [2.05, 4.69) is 4.74 Å². The van der Waals surface area contributed by atoms with Crippen LogP contribution in [0.25, 0.3) is 16.8 Å². The lowest BCUT2D eigenvalue weighted by molar-refractivity contribution is -0.158. The first-order chi connectivity index (χ1) is 11.8. The van der Waals surface area contributed by atoms with E-state index >= 15 is 0 Å². The lowest BCUT2D eigenvalue weighted by Gasteiger charge is -2.14. The van der Waals surface area contributed by atoms with Gasteiger partial charge in [-0.3, -0.25) is 0 Å². The zero-order chi connectivity index (χ0) is 18.0. The predicted molar refractivity (Wildman–Crippen MR) is 89.4 cm³/mol. The van der Waals surface area contributed by atoms with Crippen molar-refractivity contribution < 1.29 is 23.4 Å². The van der Waals surface area contributed by atoms with Crippen LogP contribution < -0.4 is 4.74 Å². The molecule has 0 aliphatic carbocycles. The van der Waals surface area contributed by atoms with Crippen molar-refractivity contribution in [2.24, 2.45) is 0 Å². The molecule has 0 fully saturated rings. The molecule has 0 saturated carbocycles. The Bertz CT molecular complexity index is 896. The smallest absolute Gasteiger partial charge is 0.394 e. The van der Waals surface area contributed by atoms with Gasteiger partial charge in [-0.05, 0) is 41.5 Å². The van der Waals surface area contributed by atoms with E-state index in [1.165, 1.54) is 24.3 Å². The Labute approximate surface area is 142 Å². The van der Waals surface area contributed by atoms with E-state index in [4.69, 9.17) is 5.11 Å². The Hall–Kier alpha value is -3.15. The highest BCUT2D eigenvalue weighted by atomic mass is 19.3. The van der Waals surface area contributed by atoms with Gasteiger partial charge in [0.15, 0.2) is 0 Å². The highest BCUT2D eigenvalue weighted by Gasteiger charge is 2.23. The van der Waals surface area contributed by atoms with Gasteiger partial charge in [0.2, 0.25) is 0 Å². The van der Waals surface area contributed by atoms with Crippen molar-refractivity contribution >= 4 is 5.97 Å². The van der Waals surface area contributed by atoms with Gasteiger partial charge in [-0.2, -0.15) is 8.78 Å². The fourth-order valence-corrected chi connectivity index (χ4v) is 2.45. The van der Waals surface area contributed by atoms with Gasteiger partial charge in [-0.15, -0.1) is 0 Å². The fraction of sp³-hybridized carbons (Fsp3) is 0.105. The van der Waals surface area contributed by atoms with E-state index in [1.54, 1.807) is 35.0 Å². The van der Waals surface area contributed by atoms with Gasteiger partial charge in [-0.25, -0.2) is 4.79 Å². The number of carbonyl (C=O) groups is 1. The van der Waals surface area contributed by atoms with Crippen LogP contribution >= 0.6 is 0 Å². The number of hydrogen-bond donors (Lipinski definition) is 1. The summed E-state index contributed by atoms with van der Waals surface area (Å²) in [6.45, 7) is 0.689. The average Bonchev–Trinajstić information content (AvgIpc) is 3.03. The number of ether oxygens (including phenoxy) is 1. The average molecular weight is 343 g/mol. The molecule has 0 amide bonds. The second-order valence-electron chi connectivity index (χ2n) is 5.60. The number of carboxylic acids is 1. The van der Waals surface area contributed by atoms with E-state index < -0.39 is 12.1 Å². The van der Waals surface area contributed by atoms with E-state index in [0.717, 1.165) is 11.1 Å². The molecule has 25 heavy (non-hydrogen) atoms. The normalized spacial score (nSPS) is 11.3. The minimum Gasteiger partial charge on any atom is -0.478 e. The predicted octanol–water partition coefficient (Wildman–Crippen LogP) is 4.83. The van der Waals surface area contributed by atoms with E-state index in [0.29, 0.717) is 12.6 Å². The van der Waals surface area contributed by atoms with Crippen molar-refractivity contribution in [1.82, 2.24) is 4.57 Å². The van der Waals surface area contributed by atoms with E-state index in [1.807, 2.05) is 12.3 Å². The number of aromatic nitrogens is 1. The Morgan fingerprint density at radius 1 is 1.08 bits per heavy atom. The summed E-state index contributed by atoms with van der Waals surface area (Å²) in [6.07, 6.45) is 0.384. The summed E-state index contributed by atoms with van der Waals surface area (Å²) in [4.78, 5) is 10.9. The van der Waals surface area contributed by atoms with Crippen LogP contribution in [0, 0.1) is 0 Å². The second kappa shape index (κ2) is 6.39. The highest BCUT2D eigenvalue weighted by Crippen LogP contribution is 2.26. The molecule has 0 saturated heterocycles. The fourth-order valence-electron chi connectivity index (χ4n) is 2.45. The van der Waals surface area contributed by atoms with E-state index in [-0.39, 0.29) is 11.3 Å². The van der Waals surface area contributed by atoms with Crippen molar-refractivity contribution in [3.63, 3.8) is 0 Å². The number of halogens is 2. The maximum Gasteiger partial charge on any atom is 0.394 e. The van der Waals surface area contributed by atoms with Gasteiger partial charge in [0.25, 0.3) is 0 Å². The highest BCUT2D eigenvalue weighted by molar-refractivity contribution is 5.88. The topological polar surface area (TPSA) is 51.5 Å². The quantitative estimate of drug-likeness (QED) is 0.721. The zero-order valence-corrected chi connectivity index (χ0v) is 13.3. The van der Waals surface area contributed by atoms with Crippen molar-refractivity contribution in [2.45, 2.75) is 13.0 Å². The van der Waals surface area contributed by atoms with Crippen LogP contribution in [-0.4, -0.2) is 21.8 Å². The summed E-state index contributed by atoms with van der Waals surface area (Å²) in [6, 6.07) is 14.8. The molecule has 0 aliphatic rings. The van der Waals surface area contributed by atoms with Crippen LogP contribution in [0.1, 0.15) is 17.3 Å². The van der Waals surface area contributed by atoms with Crippen molar-refractivity contribution in [3.05, 3.63) is 72.6 Å². The molecule has 128 valence electrons. The SMILES string of the molecule is CC(F)(F)Oc1cccc(-n2ccc(-c3ccc(C(=O)O)cc3)c2)c1. The molecule has 0 atom stereocenters. The Kier molecular flexibility index (Phi) is 4.27. The third kappa shape index (κ3) is 4.03. The first-order valence-corrected chi connectivity index (χ1v) is 7.51. The molecule has 4 nitrogen and oxygen atoms in total. The van der Waals surface area contributed by atoms with Gasteiger partial charge >= 0.3 is 12.1 Å². The summed E-state index contributed by atoms with van der Waals surface area (Å²) in [7, 11) is 0. The van der Waals surface area contributed by atoms with Crippen molar-refractivity contribution in [3.8, 4) is 22.6 Å². The molecule has 3 aromatic rings. The third-order valence-electron chi connectivity index (χ3n) is 3.57. The number of carboxylic acid groups (broad SMARTS) is 1. The van der Waals surface area contributed by atoms with Gasteiger partial charge in [0, 0.05) is 31.1 Å². The molecule has 3 rings (SSSR count). The van der Waals surface area contributed by atoms with Gasteiger partial charge in [0.1, 0.15) is 5.75 Å². The molecule has 0 aliphatic heterocycles. The number of hydrogen-bond acceptors (Lipinski definition) is 2. The Morgan fingerprint density at radius 2 is 1.80 bits per heavy atom. The second-order valence-corrected chi connectivity index (χ2v) is 5.60. The van der Waals surface area contributed by atoms with Crippen molar-refractivity contribution in [1.29, 1.82) is 0 Å². The maximum absolute atomic E-state index is 13.0. The number of nitrogens with zero attached hydrogens (tertiary/aromatic N) is 1. The summed E-state index contributed by atoms with van der Waals surface area (Å²) < 4.78 is 32.3. The molecular formula is C19H15F2NO3. The molecule has 0 unspecified atom stereocenters. The number of rotatable bonds is 5. The third-order valence-corrected chi connectivity index (χ3v) is 3.57. The molecule has 6 heteroatoms. The zero-order valence-electron chi connectivity index (χ0n) is 13.3. The van der Waals surface area contributed by atoms with Crippen LogP contribution in [0.4, 0.5) is 8.78 Å². The van der Waals surface area contributed by atoms with Gasteiger partial charge < -0.3 is 14.4 Å². The lowest BCUT2D eigenvalue weighted by Crippen LogP contribution is -2.19. The Balaban J connectivity index is 1.86. The van der Waals surface area contributed by atoms with Crippen LogP contribution in [0.2, 0.25) is 0 Å². The minimum absolute atomic E-state index is 0.0751. The molecular weight excluding hydrogens is 328 g/mol. The molecule has 1 N–H and O–H groups in total. The molecule has 0 bridgehead atoms. The van der Waals surface area contributed by atoms with Gasteiger partial charge in [0.05, 0.1) is 5.56 Å². The molecule has 1 heterocycles. The molecule has 1 aromatic heterocycles. The number of alkyl halides is 2. The van der Waals surface area contributed by atoms with E-state index in [9.17, 15) is 13.6 Å². The number of benzene rings is 2. The summed E-state index contributed by atoms with van der Waals surface area (Å²) >= 11 is 0. The van der Waals surface area contributed by atoms with Crippen LogP contribution in [0.3, 0.4) is 0 Å². The summed E-state index contributed by atoms with van der Waals surface area (Å²) in [5.41, 5.74) is 2.63. The molecule has 2 aromatic carbocycles. The number of aromatic carboxylic acids is 1. The largest absolute Gasteiger partial charge is 0.478 e. The van der Waals surface area contributed by atoms with Crippen LogP contribution in [0.15, 0.2) is 67.0 Å². The minimum atomic E-state index is -3.24. The maximum atomic E-state index is 13.0. The van der Waals surface area contributed by atoms with Crippen LogP contribution in [-0.2, 0) is 0 Å². The molecule has 0 radical (unpaired) electrons. The summed E-state index contributed by atoms with van der Waals surface area (Å²) in [5, 5.41) is 8.94. The summed E-state index contributed by atoms with van der Waals surface area (Å²) in [5.74, 6) is -0.903. The van der Waals surface area contributed by atoms with Gasteiger partial charge in [-0.1, -0.05) is 18.2 Å². The van der Waals surface area contributed by atoms with Crippen molar-refractivity contribution in [2.75, 3.05) is 0 Å². The van der Waals surface area contributed by atoms with Crippen LogP contribution in [0.5, 0.6) is 5.75 Å².